The van der Waals surface area contributed by atoms with Crippen molar-refractivity contribution in [1.82, 2.24) is 4.90 Å². The van der Waals surface area contributed by atoms with Crippen molar-refractivity contribution in [1.29, 1.82) is 15.8 Å². The van der Waals surface area contributed by atoms with Crippen LogP contribution in [0.5, 0.6) is 0 Å². The van der Waals surface area contributed by atoms with Gasteiger partial charge in [0.2, 0.25) is 0 Å². The van der Waals surface area contributed by atoms with Gasteiger partial charge in [-0.3, -0.25) is 4.48 Å². The van der Waals surface area contributed by atoms with Crippen molar-refractivity contribution in [2.24, 2.45) is 5.41 Å². The monoisotopic (exact) mass is 244 g/mol. The predicted molar refractivity (Wildman–Crippen MR) is 65.9 cm³/mol. The van der Waals surface area contributed by atoms with Crippen LogP contribution < -0.4 is 0 Å². The molecule has 0 amide bonds. The SMILES string of the molecule is CCCC[N+]1(CC(C#N)(C#N)C#N)C=CN(C)C1. The molecule has 1 heterocycles. The Balaban J connectivity index is 2.95. The van der Waals surface area contributed by atoms with Gasteiger partial charge in [0, 0.05) is 7.05 Å². The maximum absolute atomic E-state index is 9.10. The molecular weight excluding hydrogens is 226 g/mol. The second-order valence-electron chi connectivity index (χ2n) is 4.89. The molecule has 0 N–H and O–H groups in total. The van der Waals surface area contributed by atoms with Gasteiger partial charge in [0.05, 0.1) is 12.7 Å². The lowest BCUT2D eigenvalue weighted by Crippen LogP contribution is -2.50. The minimum absolute atomic E-state index is 0.233. The van der Waals surface area contributed by atoms with Gasteiger partial charge < -0.3 is 4.90 Å². The van der Waals surface area contributed by atoms with Gasteiger partial charge >= 0.3 is 0 Å². The molecule has 1 rings (SSSR count). The first-order valence-corrected chi connectivity index (χ1v) is 6.04. The van der Waals surface area contributed by atoms with E-state index in [1.807, 2.05) is 42.6 Å². The van der Waals surface area contributed by atoms with E-state index in [1.54, 1.807) is 0 Å². The third kappa shape index (κ3) is 2.80. The second kappa shape index (κ2) is 5.54. The molecular formula is C13H18N5+. The van der Waals surface area contributed by atoms with Crippen molar-refractivity contribution in [3.05, 3.63) is 12.4 Å². The molecule has 0 spiro atoms. The summed E-state index contributed by atoms with van der Waals surface area (Å²) in [4.78, 5) is 2.02. The molecule has 1 atom stereocenters. The highest BCUT2D eigenvalue weighted by Gasteiger charge is 2.43. The number of nitriles is 3. The van der Waals surface area contributed by atoms with Crippen molar-refractivity contribution in [3.8, 4) is 18.2 Å². The highest BCUT2D eigenvalue weighted by Crippen LogP contribution is 2.26. The smallest absolute Gasteiger partial charge is 0.276 e. The summed E-state index contributed by atoms with van der Waals surface area (Å²) in [6.45, 7) is 3.90. The summed E-state index contributed by atoms with van der Waals surface area (Å²) < 4.78 is 0.513. The van der Waals surface area contributed by atoms with Crippen LogP contribution in [0, 0.1) is 39.4 Å². The van der Waals surface area contributed by atoms with Crippen LogP contribution in [0.25, 0.3) is 0 Å². The maximum atomic E-state index is 9.10. The van der Waals surface area contributed by atoms with E-state index in [0.29, 0.717) is 11.2 Å². The molecule has 0 aromatic heterocycles. The van der Waals surface area contributed by atoms with E-state index in [4.69, 9.17) is 15.8 Å². The van der Waals surface area contributed by atoms with Crippen LogP contribution in [-0.4, -0.2) is 36.2 Å². The zero-order chi connectivity index (χ0) is 13.6. The lowest BCUT2D eigenvalue weighted by atomic mass is 9.92. The number of nitrogens with zero attached hydrogens (tertiary/aromatic N) is 5. The van der Waals surface area contributed by atoms with E-state index in [9.17, 15) is 0 Å². The fourth-order valence-electron chi connectivity index (χ4n) is 2.25. The van der Waals surface area contributed by atoms with Gasteiger partial charge in [0.25, 0.3) is 5.41 Å². The molecule has 18 heavy (non-hydrogen) atoms. The van der Waals surface area contributed by atoms with E-state index in [-0.39, 0.29) is 6.54 Å². The summed E-state index contributed by atoms with van der Waals surface area (Å²) in [5, 5.41) is 27.3. The molecule has 0 saturated carbocycles. The topological polar surface area (TPSA) is 74.6 Å². The van der Waals surface area contributed by atoms with Gasteiger partial charge in [-0.05, 0) is 6.42 Å². The standard InChI is InChI=1S/C13H18N5/c1-3-4-6-18(7-5-17(2)12-18)11-13(8-14,9-15)10-16/h5,7H,3-4,6,11-12H2,1-2H3/q+1. The third-order valence-electron chi connectivity index (χ3n) is 3.22. The Kier molecular flexibility index (Phi) is 4.32. The van der Waals surface area contributed by atoms with Crippen molar-refractivity contribution in [3.63, 3.8) is 0 Å². The number of rotatable bonds is 5. The molecule has 1 aliphatic heterocycles. The first-order chi connectivity index (χ1) is 8.55. The summed E-state index contributed by atoms with van der Waals surface area (Å²) >= 11 is 0. The van der Waals surface area contributed by atoms with Crippen LogP contribution in [-0.2, 0) is 0 Å². The Morgan fingerprint density at radius 3 is 2.28 bits per heavy atom. The number of unbranched alkanes of at least 4 members (excludes halogenated alkanes) is 1. The van der Waals surface area contributed by atoms with Crippen LogP contribution in [0.15, 0.2) is 12.4 Å². The molecule has 0 aliphatic carbocycles. The minimum atomic E-state index is -1.55. The lowest BCUT2D eigenvalue weighted by molar-refractivity contribution is -0.884. The van der Waals surface area contributed by atoms with Crippen molar-refractivity contribution >= 4 is 0 Å². The summed E-state index contributed by atoms with van der Waals surface area (Å²) in [6, 6.07) is 5.60. The highest BCUT2D eigenvalue weighted by atomic mass is 15.5. The Morgan fingerprint density at radius 1 is 1.28 bits per heavy atom. The maximum Gasteiger partial charge on any atom is 0.276 e. The van der Waals surface area contributed by atoms with Crippen LogP contribution in [0.2, 0.25) is 0 Å². The Hall–Kier alpha value is -2.03. The van der Waals surface area contributed by atoms with Gasteiger partial charge in [-0.2, -0.15) is 15.8 Å². The third-order valence-corrected chi connectivity index (χ3v) is 3.22. The normalized spacial score (nSPS) is 22.3. The van der Waals surface area contributed by atoms with Crippen LogP contribution in [0.3, 0.4) is 0 Å². The number of quaternary nitrogens is 1. The van der Waals surface area contributed by atoms with Crippen molar-refractivity contribution in [2.45, 2.75) is 19.8 Å². The zero-order valence-corrected chi connectivity index (χ0v) is 10.9. The molecule has 1 aliphatic rings. The summed E-state index contributed by atoms with van der Waals surface area (Å²) in [5.41, 5.74) is -1.55. The Bertz CT molecular complexity index is 411. The van der Waals surface area contributed by atoms with Gasteiger partial charge in [-0.15, -0.1) is 0 Å². The average molecular weight is 244 g/mol. The molecule has 0 aromatic rings. The fraction of sp³-hybridized carbons (Fsp3) is 0.615. The van der Waals surface area contributed by atoms with Crippen LogP contribution >= 0.6 is 0 Å². The molecule has 0 aromatic carbocycles. The quantitative estimate of drug-likeness (QED) is 0.687. The summed E-state index contributed by atoms with van der Waals surface area (Å²) in [6.07, 6.45) is 6.01. The fourth-order valence-corrected chi connectivity index (χ4v) is 2.25. The lowest BCUT2D eigenvalue weighted by Gasteiger charge is -2.34. The Morgan fingerprint density at radius 2 is 1.89 bits per heavy atom. The molecule has 5 nitrogen and oxygen atoms in total. The first kappa shape index (κ1) is 14.0. The van der Waals surface area contributed by atoms with Crippen molar-refractivity contribution < 1.29 is 4.48 Å². The van der Waals surface area contributed by atoms with Gasteiger partial charge in [0.15, 0.2) is 6.67 Å². The number of hydrogen-bond acceptors (Lipinski definition) is 4. The van der Waals surface area contributed by atoms with E-state index in [1.165, 1.54) is 0 Å². The Labute approximate surface area is 108 Å². The molecule has 5 heteroatoms. The van der Waals surface area contributed by atoms with Crippen LogP contribution in [0.1, 0.15) is 19.8 Å². The van der Waals surface area contributed by atoms with E-state index >= 15 is 0 Å². The number of hydrogen-bond donors (Lipinski definition) is 0. The predicted octanol–water partition coefficient (Wildman–Crippen LogP) is 1.53. The molecule has 0 radical (unpaired) electrons. The molecule has 0 fully saturated rings. The average Bonchev–Trinajstić information content (AvgIpc) is 2.76. The molecule has 1 unspecified atom stereocenters. The largest absolute Gasteiger partial charge is 0.329 e. The van der Waals surface area contributed by atoms with Gasteiger partial charge in [-0.1, -0.05) is 13.3 Å². The second-order valence-corrected chi connectivity index (χ2v) is 4.89. The van der Waals surface area contributed by atoms with Crippen LogP contribution in [0.4, 0.5) is 0 Å². The van der Waals surface area contributed by atoms with E-state index in [2.05, 4.69) is 6.92 Å². The van der Waals surface area contributed by atoms with E-state index in [0.717, 1.165) is 19.4 Å². The molecule has 94 valence electrons. The first-order valence-electron chi connectivity index (χ1n) is 6.04. The van der Waals surface area contributed by atoms with E-state index < -0.39 is 5.41 Å². The van der Waals surface area contributed by atoms with Crippen molar-refractivity contribution in [2.75, 3.05) is 26.8 Å². The summed E-state index contributed by atoms with van der Waals surface area (Å²) in [7, 11) is 1.95. The zero-order valence-electron chi connectivity index (χ0n) is 10.9. The molecule has 0 saturated heterocycles. The summed E-state index contributed by atoms with van der Waals surface area (Å²) in [5.74, 6) is 0. The minimum Gasteiger partial charge on any atom is -0.329 e. The highest BCUT2D eigenvalue weighted by molar-refractivity contribution is 5.26. The van der Waals surface area contributed by atoms with Gasteiger partial charge in [-0.25, -0.2) is 0 Å². The van der Waals surface area contributed by atoms with Gasteiger partial charge in [0.1, 0.15) is 31.0 Å². The molecule has 0 bridgehead atoms.